The van der Waals surface area contributed by atoms with Crippen LogP contribution in [0.15, 0.2) is 65.2 Å². The lowest BCUT2D eigenvalue weighted by atomic mass is 9.74. The highest BCUT2D eigenvalue weighted by Crippen LogP contribution is 2.34. The van der Waals surface area contributed by atoms with Gasteiger partial charge in [0, 0.05) is 49.9 Å². The number of nitro benzene ring substituents is 1. The van der Waals surface area contributed by atoms with Crippen molar-refractivity contribution in [2.45, 2.75) is 24.8 Å². The zero-order chi connectivity index (χ0) is 22.4. The van der Waals surface area contributed by atoms with Crippen LogP contribution >= 0.6 is 0 Å². The van der Waals surface area contributed by atoms with Gasteiger partial charge in [0.2, 0.25) is 0 Å². The topological polar surface area (TPSA) is 108 Å². The average Bonchev–Trinajstić information content (AvgIpc) is 3.32. The van der Waals surface area contributed by atoms with Crippen LogP contribution in [0.1, 0.15) is 24.2 Å². The number of nitro groups is 1. The summed E-state index contributed by atoms with van der Waals surface area (Å²) in [5, 5.41) is 28.0. The van der Waals surface area contributed by atoms with E-state index in [1.54, 1.807) is 12.1 Å². The second-order valence-electron chi connectivity index (χ2n) is 8.06. The van der Waals surface area contributed by atoms with Crippen molar-refractivity contribution >= 4 is 5.69 Å². The van der Waals surface area contributed by atoms with Crippen LogP contribution in [0.2, 0.25) is 0 Å². The van der Waals surface area contributed by atoms with E-state index < -0.39 is 4.92 Å². The Labute approximate surface area is 186 Å². The van der Waals surface area contributed by atoms with Crippen molar-refractivity contribution in [1.29, 1.82) is 5.26 Å². The summed E-state index contributed by atoms with van der Waals surface area (Å²) in [5.41, 5.74) is 2.22. The van der Waals surface area contributed by atoms with Crippen LogP contribution in [0, 0.1) is 21.4 Å². The second-order valence-corrected chi connectivity index (χ2v) is 8.06. The summed E-state index contributed by atoms with van der Waals surface area (Å²) < 4.78 is 5.38. The third kappa shape index (κ3) is 4.85. The van der Waals surface area contributed by atoms with Crippen molar-refractivity contribution in [3.63, 3.8) is 0 Å². The van der Waals surface area contributed by atoms with Crippen molar-refractivity contribution in [2.24, 2.45) is 0 Å². The maximum absolute atomic E-state index is 10.8. The van der Waals surface area contributed by atoms with Crippen LogP contribution in [0.3, 0.4) is 0 Å². The van der Waals surface area contributed by atoms with Crippen molar-refractivity contribution in [1.82, 2.24) is 15.4 Å². The minimum Gasteiger partial charge on any atom is -0.359 e. The number of aromatic nitrogens is 1. The molecule has 164 valence electrons. The van der Waals surface area contributed by atoms with Gasteiger partial charge in [-0.05, 0) is 30.5 Å². The second kappa shape index (κ2) is 9.73. The summed E-state index contributed by atoms with van der Waals surface area (Å²) in [4.78, 5) is 12.7. The summed E-state index contributed by atoms with van der Waals surface area (Å²) in [6.07, 6.45) is 1.68. The Morgan fingerprint density at radius 1 is 1.16 bits per heavy atom. The Morgan fingerprint density at radius 2 is 1.88 bits per heavy atom. The highest BCUT2D eigenvalue weighted by molar-refractivity contribution is 5.60. The van der Waals surface area contributed by atoms with E-state index in [1.165, 1.54) is 12.1 Å². The zero-order valence-electron chi connectivity index (χ0n) is 17.7. The number of benzene rings is 2. The van der Waals surface area contributed by atoms with E-state index in [9.17, 15) is 15.4 Å². The van der Waals surface area contributed by atoms with Crippen LogP contribution in [0.4, 0.5) is 5.69 Å². The molecule has 1 N–H and O–H groups in total. The van der Waals surface area contributed by atoms with Crippen LogP contribution in [-0.4, -0.2) is 41.2 Å². The number of nitriles is 1. The molecule has 0 spiro atoms. The summed E-state index contributed by atoms with van der Waals surface area (Å²) in [5.74, 6) is 0.713. The molecule has 0 saturated carbocycles. The predicted molar refractivity (Wildman–Crippen MR) is 120 cm³/mol. The summed E-state index contributed by atoms with van der Waals surface area (Å²) in [6.45, 7) is 4.06. The first-order valence-corrected chi connectivity index (χ1v) is 10.7. The molecule has 1 saturated heterocycles. The molecule has 32 heavy (non-hydrogen) atoms. The van der Waals surface area contributed by atoms with Gasteiger partial charge in [-0.2, -0.15) is 5.26 Å². The molecule has 0 radical (unpaired) electrons. The lowest BCUT2D eigenvalue weighted by Gasteiger charge is -2.37. The van der Waals surface area contributed by atoms with E-state index in [0.29, 0.717) is 18.0 Å². The molecule has 0 bridgehead atoms. The Kier molecular flexibility index (Phi) is 6.59. The minimum absolute atomic E-state index is 0.0487. The number of hydrogen-bond donors (Lipinski definition) is 1. The largest absolute Gasteiger partial charge is 0.359 e. The van der Waals surface area contributed by atoms with Crippen LogP contribution < -0.4 is 5.32 Å². The molecule has 1 aliphatic rings. The first-order valence-electron chi connectivity index (χ1n) is 10.7. The molecule has 2 heterocycles. The number of likely N-dealkylation sites (tertiary alicyclic amines) is 1. The van der Waals surface area contributed by atoms with Gasteiger partial charge in [-0.1, -0.05) is 35.5 Å². The summed E-state index contributed by atoms with van der Waals surface area (Å²) in [6, 6.07) is 20.8. The average molecular weight is 431 g/mol. The van der Waals surface area contributed by atoms with E-state index in [-0.39, 0.29) is 11.1 Å². The van der Waals surface area contributed by atoms with Crippen molar-refractivity contribution < 1.29 is 9.45 Å². The third-order valence-corrected chi connectivity index (χ3v) is 6.09. The van der Waals surface area contributed by atoms with Crippen molar-refractivity contribution in [3.05, 3.63) is 82.1 Å². The molecule has 8 nitrogen and oxygen atoms in total. The maximum Gasteiger partial charge on any atom is 0.269 e. The molecule has 0 aliphatic carbocycles. The van der Waals surface area contributed by atoms with E-state index in [1.807, 2.05) is 24.3 Å². The monoisotopic (exact) mass is 431 g/mol. The molecule has 2 aromatic carbocycles. The Balaban J connectivity index is 1.22. The number of piperidine rings is 1. The van der Waals surface area contributed by atoms with Gasteiger partial charge in [-0.25, -0.2) is 0 Å². The molecular weight excluding hydrogens is 406 g/mol. The molecule has 0 amide bonds. The van der Waals surface area contributed by atoms with E-state index in [2.05, 4.69) is 33.6 Å². The maximum atomic E-state index is 10.8. The molecule has 1 aliphatic heterocycles. The zero-order valence-corrected chi connectivity index (χ0v) is 17.7. The molecule has 0 unspecified atom stereocenters. The fourth-order valence-corrected chi connectivity index (χ4v) is 4.12. The number of rotatable bonds is 8. The highest BCUT2D eigenvalue weighted by Gasteiger charge is 2.36. The van der Waals surface area contributed by atoms with E-state index in [4.69, 9.17) is 4.52 Å². The van der Waals surface area contributed by atoms with Gasteiger partial charge in [-0.15, -0.1) is 0 Å². The van der Waals surface area contributed by atoms with Gasteiger partial charge < -0.3 is 14.7 Å². The predicted octanol–water partition coefficient (Wildman–Crippen LogP) is 3.90. The molecule has 1 fully saturated rings. The number of nitrogens with one attached hydrogen (secondary N) is 1. The smallest absolute Gasteiger partial charge is 0.269 e. The fraction of sp³-hybridized carbons (Fsp3) is 0.333. The summed E-state index contributed by atoms with van der Waals surface area (Å²) in [7, 11) is 0. The number of hydrogen-bond acceptors (Lipinski definition) is 7. The molecule has 8 heteroatoms. The Hall–Kier alpha value is -3.54. The summed E-state index contributed by atoms with van der Waals surface area (Å²) >= 11 is 0. The highest BCUT2D eigenvalue weighted by atomic mass is 16.6. The first kappa shape index (κ1) is 21.7. The first-order chi connectivity index (χ1) is 15.6. The number of nitrogens with zero attached hydrogens (tertiary/aromatic N) is 4. The van der Waals surface area contributed by atoms with Gasteiger partial charge in [0.25, 0.3) is 5.69 Å². The lowest BCUT2D eigenvalue weighted by Crippen LogP contribution is -2.44. The van der Waals surface area contributed by atoms with E-state index in [0.717, 1.165) is 50.1 Å². The van der Waals surface area contributed by atoms with Crippen LogP contribution in [0.25, 0.3) is 11.3 Å². The number of non-ortho nitro benzene ring substituents is 1. The Morgan fingerprint density at radius 3 is 2.53 bits per heavy atom. The molecular formula is C24H25N5O3. The molecule has 3 aromatic rings. The van der Waals surface area contributed by atoms with E-state index >= 15 is 0 Å². The minimum atomic E-state index is -0.424. The van der Waals surface area contributed by atoms with Crippen LogP contribution in [0.5, 0.6) is 0 Å². The molecule has 4 rings (SSSR count). The third-order valence-electron chi connectivity index (χ3n) is 6.09. The van der Waals surface area contributed by atoms with Gasteiger partial charge >= 0.3 is 0 Å². The van der Waals surface area contributed by atoms with Gasteiger partial charge in [-0.3, -0.25) is 10.1 Å². The van der Waals surface area contributed by atoms with Gasteiger partial charge in [0.1, 0.15) is 5.69 Å². The Bertz CT molecular complexity index is 1080. The lowest BCUT2D eigenvalue weighted by molar-refractivity contribution is -0.384. The van der Waals surface area contributed by atoms with Crippen molar-refractivity contribution in [2.75, 3.05) is 26.2 Å². The SMILES string of the molecule is N#CC1(c2ccccc2)CCN(CCNCc2cc(-c3ccc([N+](=O)[O-])cc3)no2)CC1. The quantitative estimate of drug-likeness (QED) is 0.327. The van der Waals surface area contributed by atoms with Gasteiger partial charge in [0.15, 0.2) is 5.76 Å². The standard InChI is InChI=1S/C24H25N5O3/c25-18-24(20-4-2-1-3-5-20)10-13-28(14-11-24)15-12-26-17-22-16-23(27-32-22)19-6-8-21(9-7-19)29(30)31/h1-9,16,26H,10-15,17H2. The molecule has 0 atom stereocenters. The fourth-order valence-electron chi connectivity index (χ4n) is 4.12. The van der Waals surface area contributed by atoms with Gasteiger partial charge in [0.05, 0.1) is 23.0 Å². The normalized spacial score (nSPS) is 15.8. The van der Waals surface area contributed by atoms with Crippen molar-refractivity contribution in [3.8, 4) is 17.3 Å². The molecule has 1 aromatic heterocycles. The van der Waals surface area contributed by atoms with Crippen LogP contribution in [-0.2, 0) is 12.0 Å².